The van der Waals surface area contributed by atoms with Gasteiger partial charge in [0.15, 0.2) is 0 Å². The fraction of sp³-hybridized carbons (Fsp3) is 0.688. The van der Waals surface area contributed by atoms with Crippen molar-refractivity contribution in [2.75, 3.05) is 6.54 Å². The zero-order valence-corrected chi connectivity index (χ0v) is 13.7. The van der Waals surface area contributed by atoms with Crippen LogP contribution in [0.5, 0.6) is 0 Å². The third-order valence-electron chi connectivity index (χ3n) is 4.82. The second kappa shape index (κ2) is 5.92. The Morgan fingerprint density at radius 1 is 1.35 bits per heavy atom. The molecule has 0 spiro atoms. The highest BCUT2D eigenvalue weighted by atomic mass is 79.9. The molecule has 2 heterocycles. The van der Waals surface area contributed by atoms with E-state index in [4.69, 9.17) is 0 Å². The highest BCUT2D eigenvalue weighted by Gasteiger charge is 2.39. The zero-order chi connectivity index (χ0) is 14.1. The number of nitrogens with zero attached hydrogens (tertiary/aromatic N) is 2. The van der Waals surface area contributed by atoms with Gasteiger partial charge in [0.05, 0.1) is 0 Å². The summed E-state index contributed by atoms with van der Waals surface area (Å²) >= 11 is 3.51. The van der Waals surface area contributed by atoms with E-state index in [1.54, 1.807) is 0 Å². The minimum Gasteiger partial charge on any atom is -0.342 e. The van der Waals surface area contributed by atoms with Gasteiger partial charge in [-0.3, -0.25) is 4.79 Å². The molecule has 2 aliphatic rings. The first-order valence-electron chi connectivity index (χ1n) is 7.87. The van der Waals surface area contributed by atoms with Gasteiger partial charge in [0.1, 0.15) is 5.69 Å². The fourth-order valence-electron chi connectivity index (χ4n) is 3.88. The summed E-state index contributed by atoms with van der Waals surface area (Å²) in [6.45, 7) is 4.01. The van der Waals surface area contributed by atoms with Crippen LogP contribution in [0.15, 0.2) is 16.7 Å². The zero-order valence-electron chi connectivity index (χ0n) is 12.1. The molecule has 20 heavy (non-hydrogen) atoms. The number of amides is 1. The number of hydrogen-bond donors (Lipinski definition) is 0. The van der Waals surface area contributed by atoms with Crippen molar-refractivity contribution in [3.63, 3.8) is 0 Å². The van der Waals surface area contributed by atoms with Gasteiger partial charge in [-0.15, -0.1) is 0 Å². The highest BCUT2D eigenvalue weighted by Crippen LogP contribution is 2.37. The average Bonchev–Trinajstić information content (AvgIpc) is 3.02. The van der Waals surface area contributed by atoms with Crippen LogP contribution >= 0.6 is 15.9 Å². The van der Waals surface area contributed by atoms with Gasteiger partial charge in [-0.25, -0.2) is 0 Å². The monoisotopic (exact) mass is 338 g/mol. The summed E-state index contributed by atoms with van der Waals surface area (Å²) in [4.78, 5) is 15.0. The van der Waals surface area contributed by atoms with E-state index in [1.807, 2.05) is 12.3 Å². The molecule has 1 amide bonds. The Morgan fingerprint density at radius 3 is 2.95 bits per heavy atom. The molecule has 0 radical (unpaired) electrons. The maximum Gasteiger partial charge on any atom is 0.270 e. The summed E-state index contributed by atoms with van der Waals surface area (Å²) < 4.78 is 3.11. The molecular formula is C16H23BrN2O. The molecule has 0 N–H and O–H groups in total. The van der Waals surface area contributed by atoms with Gasteiger partial charge in [-0.2, -0.15) is 0 Å². The van der Waals surface area contributed by atoms with Gasteiger partial charge >= 0.3 is 0 Å². The first kappa shape index (κ1) is 14.2. The standard InChI is InChI=1S/C16H23BrN2O/c1-2-8-18-11-13(17)10-15(18)16(20)19-9-7-12-5-3-4-6-14(12)19/h10-12,14H,2-9H2,1H3. The maximum absolute atomic E-state index is 12.9. The smallest absolute Gasteiger partial charge is 0.270 e. The number of carbonyl (C=O) groups is 1. The molecule has 0 aromatic carbocycles. The van der Waals surface area contributed by atoms with Crippen molar-refractivity contribution in [1.82, 2.24) is 9.47 Å². The molecule has 1 saturated heterocycles. The number of carbonyl (C=O) groups excluding carboxylic acids is 1. The Kier molecular flexibility index (Phi) is 4.20. The molecule has 0 bridgehead atoms. The molecule has 3 rings (SSSR count). The quantitative estimate of drug-likeness (QED) is 0.815. The summed E-state index contributed by atoms with van der Waals surface area (Å²) in [6, 6.07) is 2.48. The van der Waals surface area contributed by atoms with Crippen LogP contribution in [0.25, 0.3) is 0 Å². The Bertz CT molecular complexity index is 497. The SMILES string of the molecule is CCCn1cc(Br)cc1C(=O)N1CCC2CCCCC21. The van der Waals surface area contributed by atoms with Crippen molar-refractivity contribution < 1.29 is 4.79 Å². The summed E-state index contributed by atoms with van der Waals surface area (Å²) in [5.41, 5.74) is 0.852. The first-order chi connectivity index (χ1) is 9.70. The van der Waals surface area contributed by atoms with Crippen LogP contribution in [0.1, 0.15) is 55.9 Å². The van der Waals surface area contributed by atoms with E-state index >= 15 is 0 Å². The summed E-state index contributed by atoms with van der Waals surface area (Å²) in [6.07, 6.45) is 9.43. The van der Waals surface area contributed by atoms with E-state index in [2.05, 4.69) is 32.3 Å². The van der Waals surface area contributed by atoms with E-state index in [-0.39, 0.29) is 5.91 Å². The topological polar surface area (TPSA) is 25.2 Å². The number of fused-ring (bicyclic) bond motifs is 1. The Balaban J connectivity index is 1.82. The Hall–Kier alpha value is -0.770. The van der Waals surface area contributed by atoms with Crippen LogP contribution in [0.4, 0.5) is 0 Å². The molecular weight excluding hydrogens is 316 g/mol. The van der Waals surface area contributed by atoms with Crippen molar-refractivity contribution in [1.29, 1.82) is 0 Å². The molecule has 3 nitrogen and oxygen atoms in total. The molecule has 4 heteroatoms. The largest absolute Gasteiger partial charge is 0.342 e. The molecule has 1 aromatic rings. The van der Waals surface area contributed by atoms with Gasteiger partial charge in [-0.05, 0) is 53.6 Å². The van der Waals surface area contributed by atoms with Gasteiger partial charge in [0.25, 0.3) is 5.91 Å². The third-order valence-corrected chi connectivity index (χ3v) is 5.25. The number of halogens is 1. The molecule has 1 aliphatic carbocycles. The lowest BCUT2D eigenvalue weighted by molar-refractivity contribution is 0.0679. The summed E-state index contributed by atoms with van der Waals surface area (Å²) in [5, 5.41) is 0. The second-order valence-electron chi connectivity index (χ2n) is 6.14. The van der Waals surface area contributed by atoms with Crippen LogP contribution in [0.3, 0.4) is 0 Å². The van der Waals surface area contributed by atoms with E-state index in [0.717, 1.165) is 35.6 Å². The predicted octanol–water partition coefficient (Wildman–Crippen LogP) is 4.07. The summed E-state index contributed by atoms with van der Waals surface area (Å²) in [5.74, 6) is 0.990. The van der Waals surface area contributed by atoms with Gasteiger partial charge in [0, 0.05) is 29.8 Å². The molecule has 110 valence electrons. The molecule has 1 saturated carbocycles. The van der Waals surface area contributed by atoms with Crippen molar-refractivity contribution >= 4 is 21.8 Å². The normalized spacial score (nSPS) is 25.8. The lowest BCUT2D eigenvalue weighted by Crippen LogP contribution is -2.40. The number of aryl methyl sites for hydroxylation is 1. The van der Waals surface area contributed by atoms with Crippen molar-refractivity contribution in [3.05, 3.63) is 22.4 Å². The van der Waals surface area contributed by atoms with Crippen LogP contribution in [0, 0.1) is 5.92 Å². The van der Waals surface area contributed by atoms with Crippen molar-refractivity contribution in [3.8, 4) is 0 Å². The molecule has 1 aliphatic heterocycles. The predicted molar refractivity (Wildman–Crippen MR) is 83.8 cm³/mol. The first-order valence-corrected chi connectivity index (χ1v) is 8.66. The molecule has 2 fully saturated rings. The van der Waals surface area contributed by atoms with Crippen LogP contribution in [-0.2, 0) is 6.54 Å². The van der Waals surface area contributed by atoms with E-state index < -0.39 is 0 Å². The van der Waals surface area contributed by atoms with Crippen LogP contribution in [-0.4, -0.2) is 28.0 Å². The van der Waals surface area contributed by atoms with E-state index in [0.29, 0.717) is 6.04 Å². The van der Waals surface area contributed by atoms with Crippen molar-refractivity contribution in [2.45, 2.75) is 58.0 Å². The Labute approximate surface area is 129 Å². The minimum atomic E-state index is 0.235. The van der Waals surface area contributed by atoms with Gasteiger partial charge in [0.2, 0.25) is 0 Å². The van der Waals surface area contributed by atoms with E-state index in [9.17, 15) is 4.79 Å². The number of rotatable bonds is 3. The second-order valence-corrected chi connectivity index (χ2v) is 7.05. The molecule has 2 unspecified atom stereocenters. The summed E-state index contributed by atoms with van der Waals surface area (Å²) in [7, 11) is 0. The lowest BCUT2D eigenvalue weighted by atomic mass is 9.85. The average molecular weight is 339 g/mol. The number of likely N-dealkylation sites (tertiary alicyclic amines) is 1. The fourth-order valence-corrected chi connectivity index (χ4v) is 4.35. The van der Waals surface area contributed by atoms with Gasteiger partial charge in [-0.1, -0.05) is 19.8 Å². The maximum atomic E-state index is 12.9. The van der Waals surface area contributed by atoms with Crippen molar-refractivity contribution in [2.24, 2.45) is 5.92 Å². The highest BCUT2D eigenvalue weighted by molar-refractivity contribution is 9.10. The number of hydrogen-bond acceptors (Lipinski definition) is 1. The van der Waals surface area contributed by atoms with E-state index in [1.165, 1.54) is 32.1 Å². The Morgan fingerprint density at radius 2 is 2.15 bits per heavy atom. The van der Waals surface area contributed by atoms with Crippen LogP contribution < -0.4 is 0 Å². The molecule has 2 atom stereocenters. The number of aromatic nitrogens is 1. The minimum absolute atomic E-state index is 0.235. The van der Waals surface area contributed by atoms with Gasteiger partial charge < -0.3 is 9.47 Å². The molecule has 1 aromatic heterocycles. The lowest BCUT2D eigenvalue weighted by Gasteiger charge is -2.31. The third kappa shape index (κ3) is 2.54. The van der Waals surface area contributed by atoms with Crippen LogP contribution in [0.2, 0.25) is 0 Å².